The molecule has 0 aromatic heterocycles. The van der Waals surface area contributed by atoms with E-state index in [9.17, 15) is 0 Å². The molecule has 0 aromatic rings. The normalized spacial score (nSPS) is 7.25. The van der Waals surface area contributed by atoms with Gasteiger partial charge in [0.25, 0.3) is 0 Å². The van der Waals surface area contributed by atoms with Gasteiger partial charge in [-0.05, 0) is 0 Å². The van der Waals surface area contributed by atoms with Crippen LogP contribution in [0.5, 0.6) is 0 Å². The maximum absolute atomic E-state index is 8.74. The standard InChI is InChI=1S/ClH.La.Na.H2O4S.H/c;;;1-5(2,3)4;/h1H;;;(H2,1,2,3,4);/q;;+1;;-1. The molecule has 0 unspecified atom stereocenters. The van der Waals surface area contributed by atoms with Gasteiger partial charge in [0.2, 0.25) is 0 Å². The molecule has 0 saturated carbocycles. The van der Waals surface area contributed by atoms with Crippen molar-refractivity contribution in [1.82, 2.24) is 0 Å². The van der Waals surface area contributed by atoms with Gasteiger partial charge in [0.1, 0.15) is 0 Å². The molecule has 4 nitrogen and oxygen atoms in total. The summed E-state index contributed by atoms with van der Waals surface area (Å²) in [6.45, 7) is 0. The van der Waals surface area contributed by atoms with Gasteiger partial charge in [0.05, 0.1) is 0 Å². The van der Waals surface area contributed by atoms with Crippen LogP contribution in [0.2, 0.25) is 0 Å². The summed E-state index contributed by atoms with van der Waals surface area (Å²) in [5, 5.41) is 0. The first-order chi connectivity index (χ1) is 2.00. The van der Waals surface area contributed by atoms with Crippen molar-refractivity contribution in [3.63, 3.8) is 0 Å². The van der Waals surface area contributed by atoms with Gasteiger partial charge < -0.3 is 1.43 Å². The molecule has 0 aromatic carbocycles. The van der Waals surface area contributed by atoms with Crippen molar-refractivity contribution in [2.75, 3.05) is 0 Å². The molecule has 0 amide bonds. The van der Waals surface area contributed by atoms with Gasteiger partial charge in [-0.15, -0.1) is 12.4 Å². The largest absolute Gasteiger partial charge is 1.00 e. The number of hydrogen-bond acceptors (Lipinski definition) is 2. The Morgan fingerprint density at radius 3 is 1.25 bits per heavy atom. The van der Waals surface area contributed by atoms with Gasteiger partial charge in [-0.25, -0.2) is 0 Å². The molecule has 0 aliphatic carbocycles. The third-order valence-electron chi connectivity index (χ3n) is 0. The van der Waals surface area contributed by atoms with Crippen LogP contribution in [0.15, 0.2) is 0 Å². The zero-order valence-corrected chi connectivity index (χ0v) is 11.4. The molecule has 0 aliphatic rings. The van der Waals surface area contributed by atoms with Crippen LogP contribution in [0.1, 0.15) is 1.43 Å². The van der Waals surface area contributed by atoms with Crippen LogP contribution in [0.4, 0.5) is 0 Å². The van der Waals surface area contributed by atoms with E-state index in [1.165, 1.54) is 0 Å². The van der Waals surface area contributed by atoms with Crippen LogP contribution in [0.3, 0.4) is 0 Å². The van der Waals surface area contributed by atoms with Crippen molar-refractivity contribution < 1.29 is 84.1 Å². The summed E-state index contributed by atoms with van der Waals surface area (Å²) in [6, 6.07) is 0. The average Bonchev–Trinajstić information content (AvgIpc) is 0.722. The maximum Gasteiger partial charge on any atom is 1.00 e. The summed E-state index contributed by atoms with van der Waals surface area (Å²) < 4.78 is 31.6. The van der Waals surface area contributed by atoms with Gasteiger partial charge in [-0.1, -0.05) is 0 Å². The summed E-state index contributed by atoms with van der Waals surface area (Å²) in [4.78, 5) is 0. The Hall–Kier alpha value is 2.35. The Morgan fingerprint density at radius 2 is 1.25 bits per heavy atom. The number of rotatable bonds is 0. The molecule has 0 bridgehead atoms. The monoisotopic (exact) mass is 297 g/mol. The van der Waals surface area contributed by atoms with Crippen molar-refractivity contribution in [1.29, 1.82) is 0 Å². The van der Waals surface area contributed by atoms with Gasteiger partial charge in [-0.3, -0.25) is 9.11 Å². The van der Waals surface area contributed by atoms with E-state index < -0.39 is 10.4 Å². The van der Waals surface area contributed by atoms with E-state index in [0.717, 1.165) is 0 Å². The topological polar surface area (TPSA) is 74.6 Å². The van der Waals surface area contributed by atoms with Crippen molar-refractivity contribution in [2.24, 2.45) is 0 Å². The second-order valence-corrected chi connectivity index (χ2v) is 1.34. The predicted octanol–water partition coefficient (Wildman–Crippen LogP) is -3.11. The van der Waals surface area contributed by atoms with E-state index in [1.807, 2.05) is 0 Å². The van der Waals surface area contributed by atoms with E-state index in [-0.39, 0.29) is 79.0 Å². The van der Waals surface area contributed by atoms with Gasteiger partial charge >= 0.3 is 40.0 Å². The van der Waals surface area contributed by atoms with Gasteiger partial charge in [0, 0.05) is 35.6 Å². The molecule has 45 valence electrons. The maximum atomic E-state index is 8.74. The van der Waals surface area contributed by atoms with Crippen LogP contribution < -0.4 is 29.6 Å². The molecule has 0 spiro atoms. The molecule has 0 saturated heterocycles. The zero-order valence-electron chi connectivity index (χ0n) is 5.10. The van der Waals surface area contributed by atoms with Crippen molar-refractivity contribution >= 4 is 22.8 Å². The molecule has 0 heterocycles. The molecular weight excluding hydrogens is 293 g/mol. The molecule has 0 rings (SSSR count). The molecule has 0 fully saturated rings. The molecule has 2 N–H and O–H groups in total. The van der Waals surface area contributed by atoms with Crippen molar-refractivity contribution in [3.05, 3.63) is 0 Å². The molecule has 0 atom stereocenters. The minimum absolute atomic E-state index is 0. The van der Waals surface area contributed by atoms with Gasteiger partial charge in [-0.2, -0.15) is 8.42 Å². The summed E-state index contributed by atoms with van der Waals surface area (Å²) >= 11 is 0. The summed E-state index contributed by atoms with van der Waals surface area (Å²) in [6.07, 6.45) is 0. The van der Waals surface area contributed by atoms with Crippen LogP contribution in [-0.2, 0) is 10.4 Å². The summed E-state index contributed by atoms with van der Waals surface area (Å²) in [5.74, 6) is 0. The minimum Gasteiger partial charge on any atom is -1.00 e. The third kappa shape index (κ3) is 81.5. The Bertz CT molecular complexity index is 104. The summed E-state index contributed by atoms with van der Waals surface area (Å²) in [5.41, 5.74) is 0. The van der Waals surface area contributed by atoms with E-state index in [1.54, 1.807) is 0 Å². The fraction of sp³-hybridized carbons (Fsp3) is 0. The van der Waals surface area contributed by atoms with Crippen LogP contribution in [0, 0.1) is 35.6 Å². The van der Waals surface area contributed by atoms with Crippen molar-refractivity contribution in [3.8, 4) is 0 Å². The zero-order chi connectivity index (χ0) is 4.50. The Balaban J connectivity index is -0.0000000133. The van der Waals surface area contributed by atoms with Crippen LogP contribution in [0.25, 0.3) is 0 Å². The second-order valence-electron chi connectivity index (χ2n) is 0.448. The SMILES string of the molecule is Cl.O=S(=O)(O)O.[H-].[La].[Na+]. The fourth-order valence-corrected chi connectivity index (χ4v) is 0. The second kappa shape index (κ2) is 9.35. The average molecular weight is 297 g/mol. The smallest absolute Gasteiger partial charge is 1.00 e. The molecule has 1 radical (unpaired) electrons. The van der Waals surface area contributed by atoms with E-state index >= 15 is 0 Å². The van der Waals surface area contributed by atoms with E-state index in [4.69, 9.17) is 17.5 Å². The first-order valence-electron chi connectivity index (χ1n) is 0.698. The van der Waals surface area contributed by atoms with Gasteiger partial charge in [0.15, 0.2) is 0 Å². The fourth-order valence-electron chi connectivity index (χ4n) is 0. The third-order valence-corrected chi connectivity index (χ3v) is 0. The first kappa shape index (κ1) is 22.4. The van der Waals surface area contributed by atoms with Crippen LogP contribution in [-0.4, -0.2) is 17.5 Å². The van der Waals surface area contributed by atoms with Crippen molar-refractivity contribution in [2.45, 2.75) is 0 Å². The van der Waals surface area contributed by atoms with E-state index in [2.05, 4.69) is 0 Å². The molecule has 8 heteroatoms. The predicted molar refractivity (Wildman–Crippen MR) is 22.5 cm³/mol. The summed E-state index contributed by atoms with van der Waals surface area (Å²) in [7, 11) is -4.67. The van der Waals surface area contributed by atoms with E-state index in [0.29, 0.717) is 0 Å². The Kier molecular flexibility index (Phi) is 26.2. The molecular formula is H4ClLaNaO4S. The molecule has 0 aliphatic heterocycles. The first-order valence-corrected chi connectivity index (χ1v) is 2.10. The molecule has 8 heavy (non-hydrogen) atoms. The number of hydrogen-bond donors (Lipinski definition) is 2. The quantitative estimate of drug-likeness (QED) is 0.367. The Morgan fingerprint density at radius 1 is 1.25 bits per heavy atom. The van der Waals surface area contributed by atoms with Crippen LogP contribution >= 0.6 is 12.4 Å². The Labute approximate surface area is 105 Å². The minimum atomic E-state index is -4.67. The number of halogens is 1.